The number of rotatable bonds is 20. The van der Waals surface area contributed by atoms with Crippen LogP contribution in [0.2, 0.25) is 0 Å². The molecule has 60 heavy (non-hydrogen) atoms. The van der Waals surface area contributed by atoms with Crippen LogP contribution in [0.15, 0.2) is 60.7 Å². The summed E-state index contributed by atoms with van der Waals surface area (Å²) in [5.41, 5.74) is 7.86. The molecular formula is C50H60O10. The van der Waals surface area contributed by atoms with E-state index in [0.29, 0.717) is 124 Å². The lowest BCUT2D eigenvalue weighted by Crippen LogP contribution is -2.06. The molecule has 0 heterocycles. The molecule has 0 radical (unpaired) electrons. The summed E-state index contributed by atoms with van der Waals surface area (Å²) < 4.78 is 64.9. The van der Waals surface area contributed by atoms with Gasteiger partial charge in [-0.3, -0.25) is 0 Å². The second kappa shape index (κ2) is 20.4. The van der Waals surface area contributed by atoms with E-state index in [1.54, 1.807) is 0 Å². The number of hydrogen-bond donors (Lipinski definition) is 0. The quantitative estimate of drug-likeness (QED) is 0.0741. The van der Waals surface area contributed by atoms with Gasteiger partial charge in [-0.15, -0.1) is 0 Å². The summed E-state index contributed by atoms with van der Waals surface area (Å²) in [6.07, 6.45) is 0. The third-order valence-electron chi connectivity index (χ3n) is 9.86. The van der Waals surface area contributed by atoms with E-state index in [-0.39, 0.29) is 0 Å². The number of benzene rings is 5. The van der Waals surface area contributed by atoms with Crippen LogP contribution in [0.25, 0.3) is 55.6 Å². The van der Waals surface area contributed by atoms with Crippen LogP contribution < -0.4 is 47.4 Å². The van der Waals surface area contributed by atoms with E-state index in [4.69, 9.17) is 47.4 Å². The first kappa shape index (κ1) is 43.7. The van der Waals surface area contributed by atoms with E-state index in [1.165, 1.54) is 0 Å². The van der Waals surface area contributed by atoms with Crippen molar-refractivity contribution in [3.8, 4) is 113 Å². The summed E-state index contributed by atoms with van der Waals surface area (Å²) in [6.45, 7) is 24.0. The van der Waals surface area contributed by atoms with Crippen LogP contribution in [0.5, 0.6) is 57.5 Å². The molecule has 0 amide bonds. The van der Waals surface area contributed by atoms with Gasteiger partial charge >= 0.3 is 0 Å². The predicted octanol–water partition coefficient (Wildman–Crippen LogP) is 12.3. The molecule has 18 rings (SSSR count). The molecule has 320 valence electrons. The van der Waals surface area contributed by atoms with Crippen molar-refractivity contribution in [2.45, 2.75) is 69.2 Å². The van der Waals surface area contributed by atoms with Crippen molar-refractivity contribution in [3.63, 3.8) is 0 Å². The van der Waals surface area contributed by atoms with Crippen molar-refractivity contribution in [1.29, 1.82) is 0 Å². The second-order valence-corrected chi connectivity index (χ2v) is 13.6. The molecule has 0 atom stereocenters. The van der Waals surface area contributed by atoms with E-state index in [0.717, 1.165) is 55.6 Å². The Morgan fingerprint density at radius 1 is 0.183 bits per heavy atom. The minimum atomic E-state index is 0.422. The van der Waals surface area contributed by atoms with E-state index in [2.05, 4.69) is 0 Å². The average molecular weight is 821 g/mol. The van der Waals surface area contributed by atoms with Crippen LogP contribution in [-0.2, 0) is 0 Å². The molecule has 0 spiro atoms. The molecule has 0 fully saturated rings. The van der Waals surface area contributed by atoms with Gasteiger partial charge in [-0.05, 0) is 130 Å². The molecule has 0 saturated carbocycles. The molecule has 10 bridgehead atoms. The fourth-order valence-corrected chi connectivity index (χ4v) is 7.65. The smallest absolute Gasteiger partial charge is 0.128 e. The van der Waals surface area contributed by atoms with Crippen molar-refractivity contribution in [1.82, 2.24) is 0 Å². The largest absolute Gasteiger partial charge is 0.493 e. The van der Waals surface area contributed by atoms with Crippen LogP contribution in [0.4, 0.5) is 0 Å². The van der Waals surface area contributed by atoms with Gasteiger partial charge in [0.25, 0.3) is 0 Å². The highest BCUT2D eigenvalue weighted by molar-refractivity contribution is 5.94. The van der Waals surface area contributed by atoms with E-state index in [9.17, 15) is 0 Å². The van der Waals surface area contributed by atoms with E-state index >= 15 is 0 Å². The maximum absolute atomic E-state index is 6.49. The minimum absolute atomic E-state index is 0.422. The first-order valence-corrected chi connectivity index (χ1v) is 21.5. The molecule has 0 saturated heterocycles. The summed E-state index contributed by atoms with van der Waals surface area (Å²) >= 11 is 0. The lowest BCUT2D eigenvalue weighted by Gasteiger charge is -2.25. The summed E-state index contributed by atoms with van der Waals surface area (Å²) in [6, 6.07) is 20.2. The molecule has 13 aliphatic carbocycles. The predicted molar refractivity (Wildman–Crippen MR) is 239 cm³/mol. The molecule has 0 N–H and O–H groups in total. The summed E-state index contributed by atoms with van der Waals surface area (Å²) in [5.74, 6) is 6.38. The van der Waals surface area contributed by atoms with Crippen molar-refractivity contribution < 1.29 is 47.4 Å². The standard InChI is InChI=1S/C50H60O10/c1-11-51-41-21-32-34-24-46(56-16-6)36(26-45(34)55-15-5)38-28-50(60-20-10)40(30-49(38)59-19-9)39-29-47(57-17-7)37(27-48(39)58-18-8)35-25-43(53-13-3)33(23-44(35)54-14-4)31(41)22-42(32)52-12-2/h21-30H,11-20H2,1-10H3. The van der Waals surface area contributed by atoms with Gasteiger partial charge in [0.2, 0.25) is 0 Å². The fourth-order valence-electron chi connectivity index (χ4n) is 7.65. The monoisotopic (exact) mass is 820 g/mol. The topological polar surface area (TPSA) is 92.3 Å². The summed E-state index contributed by atoms with van der Waals surface area (Å²) in [5, 5.41) is 0. The fraction of sp³-hybridized carbons (Fsp3) is 0.400. The van der Waals surface area contributed by atoms with Gasteiger partial charge in [0.1, 0.15) is 57.5 Å². The zero-order chi connectivity index (χ0) is 42.8. The Hall–Kier alpha value is -5.90. The Morgan fingerprint density at radius 2 is 0.267 bits per heavy atom. The molecule has 5 aromatic carbocycles. The van der Waals surface area contributed by atoms with Crippen molar-refractivity contribution in [2.24, 2.45) is 0 Å². The lowest BCUT2D eigenvalue weighted by atomic mass is 9.90. The van der Waals surface area contributed by atoms with Crippen LogP contribution in [-0.4, -0.2) is 66.1 Å². The molecule has 0 aromatic heterocycles. The number of hydrogen-bond acceptors (Lipinski definition) is 10. The Labute approximate surface area is 355 Å². The first-order valence-electron chi connectivity index (χ1n) is 21.5. The minimum Gasteiger partial charge on any atom is -0.493 e. The lowest BCUT2D eigenvalue weighted by molar-refractivity contribution is 0.324. The highest BCUT2D eigenvalue weighted by Gasteiger charge is 2.28. The van der Waals surface area contributed by atoms with Crippen LogP contribution >= 0.6 is 0 Å². The molecule has 0 unspecified atom stereocenters. The number of ether oxygens (including phenoxy) is 10. The molecule has 10 heteroatoms. The zero-order valence-electron chi connectivity index (χ0n) is 36.9. The Kier molecular flexibility index (Phi) is 14.8. The maximum Gasteiger partial charge on any atom is 0.128 e. The third-order valence-corrected chi connectivity index (χ3v) is 9.86. The van der Waals surface area contributed by atoms with Crippen molar-refractivity contribution >= 4 is 0 Å². The van der Waals surface area contributed by atoms with Gasteiger partial charge < -0.3 is 47.4 Å². The van der Waals surface area contributed by atoms with Gasteiger partial charge in [-0.2, -0.15) is 0 Å². The van der Waals surface area contributed by atoms with Crippen LogP contribution in [0, 0.1) is 0 Å². The first-order chi connectivity index (χ1) is 29.3. The SMILES string of the molecule is CCOc1cc2c(OCC)cc1-c1cc(OCC)c(cc1OCC)-c1cc(OCC)c(cc1OCC)-c1cc(OCC)c(cc1OCC)-c1cc(OCC)c-2cc1OCC. The molecule has 0 aliphatic heterocycles. The van der Waals surface area contributed by atoms with Crippen LogP contribution in [0.3, 0.4) is 0 Å². The molecule has 5 aromatic rings. The molecular weight excluding hydrogens is 761 g/mol. The van der Waals surface area contributed by atoms with E-state index < -0.39 is 0 Å². The van der Waals surface area contributed by atoms with Crippen molar-refractivity contribution in [2.75, 3.05) is 66.1 Å². The zero-order valence-corrected chi connectivity index (χ0v) is 36.9. The van der Waals surface area contributed by atoms with Gasteiger partial charge in [0, 0.05) is 55.6 Å². The van der Waals surface area contributed by atoms with Gasteiger partial charge in [-0.25, -0.2) is 0 Å². The highest BCUT2D eigenvalue weighted by Crippen LogP contribution is 2.54. The Bertz CT molecular complexity index is 1730. The van der Waals surface area contributed by atoms with Crippen molar-refractivity contribution in [3.05, 3.63) is 60.7 Å². The second-order valence-electron chi connectivity index (χ2n) is 13.6. The van der Waals surface area contributed by atoms with Gasteiger partial charge in [0.05, 0.1) is 66.1 Å². The van der Waals surface area contributed by atoms with Crippen LogP contribution in [0.1, 0.15) is 69.2 Å². The van der Waals surface area contributed by atoms with Gasteiger partial charge in [0.15, 0.2) is 0 Å². The molecule has 13 aliphatic rings. The van der Waals surface area contributed by atoms with Gasteiger partial charge in [-0.1, -0.05) is 0 Å². The summed E-state index contributed by atoms with van der Waals surface area (Å²) in [4.78, 5) is 0. The Balaban J connectivity index is 1.90. The molecule has 10 nitrogen and oxygen atoms in total. The maximum atomic E-state index is 6.49. The summed E-state index contributed by atoms with van der Waals surface area (Å²) in [7, 11) is 0. The Morgan fingerprint density at radius 3 is 0.333 bits per heavy atom. The highest BCUT2D eigenvalue weighted by atomic mass is 16.5. The third kappa shape index (κ3) is 8.83. The normalized spacial score (nSPS) is 11.2. The average Bonchev–Trinajstić information content (AvgIpc) is 3.23. The van der Waals surface area contributed by atoms with E-state index in [1.807, 2.05) is 130 Å².